The number of nitrogens with two attached hydrogens (primary N) is 1. The minimum Gasteiger partial charge on any atom is -0.383 e. The maximum atomic E-state index is 13.9. The van der Waals surface area contributed by atoms with Gasteiger partial charge >= 0.3 is 0 Å². The fourth-order valence-electron chi connectivity index (χ4n) is 4.79. The number of carbonyl (C=O) groups is 1. The van der Waals surface area contributed by atoms with Crippen LogP contribution in [0.2, 0.25) is 0 Å². The van der Waals surface area contributed by atoms with E-state index in [9.17, 15) is 9.59 Å². The van der Waals surface area contributed by atoms with Crippen LogP contribution in [-0.4, -0.2) is 35.6 Å². The first-order valence-electron chi connectivity index (χ1n) is 12.0. The number of nitrogens with zero attached hydrogens (tertiary/aromatic N) is 6. The number of aldehydes is 1. The van der Waals surface area contributed by atoms with Crippen molar-refractivity contribution < 1.29 is 4.79 Å². The molecule has 0 atom stereocenters. The van der Waals surface area contributed by atoms with Crippen LogP contribution in [0.25, 0.3) is 38.2 Å². The second kappa shape index (κ2) is 9.00. The van der Waals surface area contributed by atoms with Crippen LogP contribution in [0, 0.1) is 20.8 Å². The Kier molecular flexibility index (Phi) is 5.61. The van der Waals surface area contributed by atoms with Crippen LogP contribution < -0.4 is 11.3 Å². The molecule has 6 rings (SSSR count). The highest BCUT2D eigenvalue weighted by Gasteiger charge is 2.22. The first kappa shape index (κ1) is 23.7. The molecule has 0 fully saturated rings. The predicted octanol–water partition coefficient (Wildman–Crippen LogP) is 4.62. The van der Waals surface area contributed by atoms with E-state index in [1.54, 1.807) is 9.25 Å². The molecule has 38 heavy (non-hydrogen) atoms. The van der Waals surface area contributed by atoms with Crippen LogP contribution >= 0.6 is 11.3 Å². The summed E-state index contributed by atoms with van der Waals surface area (Å²) in [5.41, 5.74) is 11.3. The van der Waals surface area contributed by atoms with Crippen LogP contribution in [0.3, 0.4) is 0 Å². The standard InChI is InChI=1S/C28H23N7O2S/c1-15-7-4-5-10-19(15)35-22(32-18-9-6-8-16(2)23(18)28(35)37)12-34-27-24(26(29)30-14-31-27)25(33-34)20-11-17(3)21(13-36)38-20/h4-11,13-14H,12H2,1-3H3,(H2,29,30,31). The highest BCUT2D eigenvalue weighted by atomic mass is 32.1. The van der Waals surface area contributed by atoms with E-state index in [-0.39, 0.29) is 17.9 Å². The molecule has 0 aliphatic rings. The quantitative estimate of drug-likeness (QED) is 0.329. The zero-order valence-corrected chi connectivity index (χ0v) is 21.8. The number of rotatable bonds is 5. The van der Waals surface area contributed by atoms with E-state index in [4.69, 9.17) is 15.8 Å². The number of aryl methyl sites for hydroxylation is 3. The van der Waals surface area contributed by atoms with Crippen LogP contribution in [0.15, 0.2) is 59.7 Å². The van der Waals surface area contributed by atoms with Gasteiger partial charge in [0, 0.05) is 0 Å². The molecule has 0 amide bonds. The molecule has 4 heterocycles. The molecule has 10 heteroatoms. The minimum atomic E-state index is -0.146. The van der Waals surface area contributed by atoms with E-state index in [0.717, 1.165) is 33.5 Å². The normalized spacial score (nSPS) is 11.4. The number of para-hydroxylation sites is 1. The molecule has 4 aromatic heterocycles. The van der Waals surface area contributed by atoms with Gasteiger partial charge in [-0.05, 0) is 55.7 Å². The number of anilines is 1. The third kappa shape index (κ3) is 3.69. The van der Waals surface area contributed by atoms with Crippen LogP contribution in [0.1, 0.15) is 32.2 Å². The van der Waals surface area contributed by atoms with Crippen molar-refractivity contribution in [3.63, 3.8) is 0 Å². The van der Waals surface area contributed by atoms with E-state index < -0.39 is 0 Å². The van der Waals surface area contributed by atoms with Crippen molar-refractivity contribution in [3.8, 4) is 16.3 Å². The third-order valence-electron chi connectivity index (χ3n) is 6.68. The fourth-order valence-corrected chi connectivity index (χ4v) is 5.77. The largest absolute Gasteiger partial charge is 0.383 e. The Labute approximate surface area is 221 Å². The van der Waals surface area contributed by atoms with E-state index >= 15 is 0 Å². The van der Waals surface area contributed by atoms with E-state index in [2.05, 4.69) is 9.97 Å². The van der Waals surface area contributed by atoms with Crippen molar-refractivity contribution >= 4 is 45.4 Å². The zero-order valence-electron chi connectivity index (χ0n) is 21.0. The predicted molar refractivity (Wildman–Crippen MR) is 149 cm³/mol. The van der Waals surface area contributed by atoms with Crippen LogP contribution in [0.4, 0.5) is 5.82 Å². The maximum Gasteiger partial charge on any atom is 0.266 e. The Hall–Kier alpha value is -4.70. The molecule has 2 N–H and O–H groups in total. The summed E-state index contributed by atoms with van der Waals surface area (Å²) >= 11 is 1.34. The summed E-state index contributed by atoms with van der Waals surface area (Å²) in [6.07, 6.45) is 2.23. The highest BCUT2D eigenvalue weighted by Crippen LogP contribution is 2.36. The van der Waals surface area contributed by atoms with Gasteiger partial charge in [-0.2, -0.15) is 5.10 Å². The number of benzene rings is 2. The monoisotopic (exact) mass is 521 g/mol. The van der Waals surface area contributed by atoms with Gasteiger partial charge in [-0.1, -0.05) is 30.3 Å². The number of fused-ring (bicyclic) bond motifs is 2. The number of hydrogen-bond acceptors (Lipinski definition) is 8. The number of thiophene rings is 1. The first-order valence-corrected chi connectivity index (χ1v) is 12.8. The average molecular weight is 522 g/mol. The summed E-state index contributed by atoms with van der Waals surface area (Å²) < 4.78 is 3.35. The van der Waals surface area contributed by atoms with Gasteiger partial charge < -0.3 is 5.73 Å². The fraction of sp³-hybridized carbons (Fsp3) is 0.143. The molecule has 0 unspecified atom stereocenters. The highest BCUT2D eigenvalue weighted by molar-refractivity contribution is 7.17. The number of aromatic nitrogens is 6. The van der Waals surface area contributed by atoms with Crippen LogP contribution in [0.5, 0.6) is 0 Å². The molecule has 6 aromatic rings. The minimum absolute atomic E-state index is 0.146. The molecule has 0 spiro atoms. The number of nitrogen functional groups attached to an aromatic ring is 1. The Morgan fingerprint density at radius 1 is 0.974 bits per heavy atom. The van der Waals surface area contributed by atoms with Gasteiger partial charge in [0.25, 0.3) is 5.56 Å². The summed E-state index contributed by atoms with van der Waals surface area (Å²) in [5.74, 6) is 0.792. The number of hydrogen-bond donors (Lipinski definition) is 1. The molecule has 0 radical (unpaired) electrons. The van der Waals surface area contributed by atoms with Crippen molar-refractivity contribution in [1.82, 2.24) is 29.3 Å². The Morgan fingerprint density at radius 2 is 1.76 bits per heavy atom. The zero-order chi connectivity index (χ0) is 26.6. The maximum absolute atomic E-state index is 13.9. The first-order chi connectivity index (χ1) is 18.4. The summed E-state index contributed by atoms with van der Waals surface area (Å²) in [5, 5.41) is 6.03. The molecule has 2 aromatic carbocycles. The molecule has 0 saturated carbocycles. The van der Waals surface area contributed by atoms with Gasteiger partial charge in [-0.15, -0.1) is 11.3 Å². The smallest absolute Gasteiger partial charge is 0.266 e. The van der Waals surface area contributed by atoms with Gasteiger partial charge in [0.05, 0.1) is 31.7 Å². The summed E-state index contributed by atoms with van der Waals surface area (Å²) in [6.45, 7) is 5.92. The van der Waals surface area contributed by atoms with Gasteiger partial charge in [0.15, 0.2) is 11.9 Å². The summed E-state index contributed by atoms with van der Waals surface area (Å²) in [7, 11) is 0. The molecular weight excluding hydrogens is 498 g/mol. The lowest BCUT2D eigenvalue weighted by atomic mass is 10.1. The average Bonchev–Trinajstić information content (AvgIpc) is 3.46. The van der Waals surface area contributed by atoms with Crippen molar-refractivity contribution in [2.75, 3.05) is 5.73 Å². The number of carbonyl (C=O) groups excluding carboxylic acids is 1. The molecule has 188 valence electrons. The second-order valence-corrected chi connectivity index (χ2v) is 10.2. The molecule has 0 aliphatic heterocycles. The Bertz CT molecular complexity index is 1950. The van der Waals surface area contributed by atoms with Gasteiger partial charge in [-0.3, -0.25) is 14.2 Å². The van der Waals surface area contributed by atoms with Gasteiger partial charge in [0.2, 0.25) is 0 Å². The summed E-state index contributed by atoms with van der Waals surface area (Å²) in [4.78, 5) is 40.5. The van der Waals surface area contributed by atoms with Crippen molar-refractivity contribution in [2.45, 2.75) is 27.3 Å². The molecule has 9 nitrogen and oxygen atoms in total. The van der Waals surface area contributed by atoms with Crippen molar-refractivity contribution in [2.24, 2.45) is 0 Å². The van der Waals surface area contributed by atoms with E-state index in [1.807, 2.05) is 69.3 Å². The Morgan fingerprint density at radius 3 is 2.53 bits per heavy atom. The lowest BCUT2D eigenvalue weighted by molar-refractivity contribution is 0.112. The van der Waals surface area contributed by atoms with Gasteiger partial charge in [0.1, 0.15) is 30.2 Å². The molecular formula is C28H23N7O2S. The van der Waals surface area contributed by atoms with Gasteiger partial charge in [-0.25, -0.2) is 19.6 Å². The molecule has 0 saturated heterocycles. The van der Waals surface area contributed by atoms with Crippen LogP contribution in [-0.2, 0) is 6.54 Å². The van der Waals surface area contributed by atoms with Crippen molar-refractivity contribution in [3.05, 3.63) is 92.6 Å². The van der Waals surface area contributed by atoms with Crippen molar-refractivity contribution in [1.29, 1.82) is 0 Å². The SMILES string of the molecule is Cc1ccccc1-n1c(Cn2nc(-c3cc(C)c(C=O)s3)c3c(N)ncnc32)nc2cccc(C)c2c1=O. The molecule has 0 bridgehead atoms. The lowest BCUT2D eigenvalue weighted by Gasteiger charge is -2.16. The summed E-state index contributed by atoms with van der Waals surface area (Å²) in [6, 6.07) is 15.3. The second-order valence-electron chi connectivity index (χ2n) is 9.16. The topological polar surface area (TPSA) is 122 Å². The third-order valence-corrected chi connectivity index (χ3v) is 7.85. The Balaban J connectivity index is 1.62. The van der Waals surface area contributed by atoms with E-state index in [1.165, 1.54) is 17.7 Å². The lowest BCUT2D eigenvalue weighted by Crippen LogP contribution is -2.26. The van der Waals surface area contributed by atoms with E-state index in [0.29, 0.717) is 38.3 Å². The molecule has 0 aliphatic carbocycles.